The van der Waals surface area contributed by atoms with Crippen LogP contribution in [0.3, 0.4) is 0 Å². The highest BCUT2D eigenvalue weighted by atomic mass is 79.9. The van der Waals surface area contributed by atoms with Crippen molar-refractivity contribution in [1.82, 2.24) is 5.32 Å². The van der Waals surface area contributed by atoms with Crippen molar-refractivity contribution in [3.8, 4) is 0 Å². The fourth-order valence-electron chi connectivity index (χ4n) is 3.05. The zero-order valence-electron chi connectivity index (χ0n) is 8.47. The van der Waals surface area contributed by atoms with Gasteiger partial charge in [-0.25, -0.2) is 0 Å². The van der Waals surface area contributed by atoms with Crippen molar-refractivity contribution in [3.63, 3.8) is 0 Å². The Labute approximate surface area is 94.0 Å². The van der Waals surface area contributed by atoms with E-state index in [-0.39, 0.29) is 5.91 Å². The van der Waals surface area contributed by atoms with Gasteiger partial charge in [-0.15, -0.1) is 0 Å². The summed E-state index contributed by atoms with van der Waals surface area (Å²) in [5.41, 5.74) is 0. The summed E-state index contributed by atoms with van der Waals surface area (Å²) in [6.07, 6.45) is 6.25. The number of carbonyl (C=O) groups excluding carboxylic acids is 1. The van der Waals surface area contributed by atoms with Gasteiger partial charge in [0.05, 0.1) is 0 Å². The van der Waals surface area contributed by atoms with E-state index in [1.807, 2.05) is 0 Å². The van der Waals surface area contributed by atoms with Crippen LogP contribution in [0.5, 0.6) is 0 Å². The van der Waals surface area contributed by atoms with Crippen LogP contribution in [0.25, 0.3) is 0 Å². The van der Waals surface area contributed by atoms with E-state index in [1.165, 1.54) is 25.7 Å². The van der Waals surface area contributed by atoms with Gasteiger partial charge in [-0.3, -0.25) is 4.79 Å². The fraction of sp³-hybridized carbons (Fsp3) is 0.909. The van der Waals surface area contributed by atoms with E-state index in [0.717, 1.165) is 29.6 Å². The highest BCUT2D eigenvalue weighted by molar-refractivity contribution is 9.09. The first-order valence-corrected chi connectivity index (χ1v) is 6.74. The van der Waals surface area contributed by atoms with Crippen molar-refractivity contribution in [2.24, 2.45) is 17.8 Å². The van der Waals surface area contributed by atoms with Crippen molar-refractivity contribution < 1.29 is 4.79 Å². The van der Waals surface area contributed by atoms with E-state index in [0.29, 0.717) is 6.42 Å². The summed E-state index contributed by atoms with van der Waals surface area (Å²) < 4.78 is 0. The maximum atomic E-state index is 11.3. The number of rotatable bonds is 4. The van der Waals surface area contributed by atoms with Gasteiger partial charge in [-0.2, -0.15) is 0 Å². The zero-order chi connectivity index (χ0) is 9.97. The third-order valence-electron chi connectivity index (χ3n) is 3.77. The normalized spacial score (nSPS) is 34.8. The van der Waals surface area contributed by atoms with E-state index in [2.05, 4.69) is 21.2 Å². The Morgan fingerprint density at radius 2 is 2.21 bits per heavy atom. The Kier molecular flexibility index (Phi) is 3.47. The van der Waals surface area contributed by atoms with E-state index >= 15 is 0 Å². The van der Waals surface area contributed by atoms with Crippen LogP contribution in [0, 0.1) is 17.8 Å². The lowest BCUT2D eigenvalue weighted by molar-refractivity contribution is -0.120. The molecule has 3 heteroatoms. The molecule has 0 saturated heterocycles. The molecule has 3 atom stereocenters. The van der Waals surface area contributed by atoms with Gasteiger partial charge >= 0.3 is 0 Å². The number of halogens is 1. The lowest BCUT2D eigenvalue weighted by Gasteiger charge is -2.21. The number of fused-ring (bicyclic) bond motifs is 2. The van der Waals surface area contributed by atoms with Crippen LogP contribution in [-0.4, -0.2) is 17.8 Å². The summed E-state index contributed by atoms with van der Waals surface area (Å²) in [4.78, 5) is 11.3. The Bertz CT molecular complexity index is 219. The molecule has 2 fully saturated rings. The maximum Gasteiger partial charge on any atom is 0.220 e. The molecule has 0 aromatic carbocycles. The van der Waals surface area contributed by atoms with Crippen LogP contribution in [0.1, 0.15) is 32.1 Å². The first-order chi connectivity index (χ1) is 6.79. The Morgan fingerprint density at radius 1 is 1.36 bits per heavy atom. The second-order valence-corrected chi connectivity index (χ2v) is 5.47. The van der Waals surface area contributed by atoms with Gasteiger partial charge in [0.2, 0.25) is 5.91 Å². The molecular weight excluding hydrogens is 242 g/mol. The molecule has 0 aromatic heterocycles. The third-order valence-corrected chi connectivity index (χ3v) is 4.16. The molecule has 0 spiro atoms. The minimum atomic E-state index is 0.199. The van der Waals surface area contributed by atoms with Crippen molar-refractivity contribution in [1.29, 1.82) is 0 Å². The Balaban J connectivity index is 1.69. The number of amides is 1. The van der Waals surface area contributed by atoms with E-state index < -0.39 is 0 Å². The largest absolute Gasteiger partial charge is 0.356 e. The smallest absolute Gasteiger partial charge is 0.220 e. The van der Waals surface area contributed by atoms with Crippen LogP contribution in [-0.2, 0) is 4.79 Å². The molecule has 0 aromatic rings. The minimum absolute atomic E-state index is 0.199. The first-order valence-electron chi connectivity index (χ1n) is 5.62. The monoisotopic (exact) mass is 259 g/mol. The van der Waals surface area contributed by atoms with Gasteiger partial charge in [-0.05, 0) is 37.0 Å². The fourth-order valence-corrected chi connectivity index (χ4v) is 3.41. The van der Waals surface area contributed by atoms with Crippen LogP contribution in [0.2, 0.25) is 0 Å². The predicted octanol–water partition coefficient (Wildman–Crippen LogP) is 2.32. The molecule has 0 heterocycles. The standard InChI is InChI=1S/C11H18BrNO/c12-4-3-11(14)13-7-10-6-8-1-2-9(10)5-8/h8-10H,1-7H2,(H,13,14). The van der Waals surface area contributed by atoms with Gasteiger partial charge in [0, 0.05) is 18.3 Å². The minimum Gasteiger partial charge on any atom is -0.356 e. The zero-order valence-corrected chi connectivity index (χ0v) is 10.1. The van der Waals surface area contributed by atoms with Crippen molar-refractivity contribution in [2.75, 3.05) is 11.9 Å². The summed E-state index contributed by atoms with van der Waals surface area (Å²) in [6, 6.07) is 0. The average molecular weight is 260 g/mol. The van der Waals surface area contributed by atoms with Gasteiger partial charge in [0.1, 0.15) is 0 Å². The summed E-state index contributed by atoms with van der Waals surface area (Å²) in [7, 11) is 0. The molecule has 1 amide bonds. The molecule has 1 N–H and O–H groups in total. The van der Waals surface area contributed by atoms with Gasteiger partial charge < -0.3 is 5.32 Å². The molecule has 3 unspecified atom stereocenters. The second kappa shape index (κ2) is 4.65. The number of hydrogen-bond donors (Lipinski definition) is 1. The lowest BCUT2D eigenvalue weighted by atomic mass is 9.89. The Hall–Kier alpha value is -0.0500. The van der Waals surface area contributed by atoms with Crippen molar-refractivity contribution in [3.05, 3.63) is 0 Å². The van der Waals surface area contributed by atoms with Gasteiger partial charge in [-0.1, -0.05) is 22.4 Å². The molecule has 2 saturated carbocycles. The lowest BCUT2D eigenvalue weighted by Crippen LogP contribution is -2.31. The van der Waals surface area contributed by atoms with Crippen LogP contribution >= 0.6 is 15.9 Å². The third kappa shape index (κ3) is 2.30. The van der Waals surface area contributed by atoms with Crippen molar-refractivity contribution >= 4 is 21.8 Å². The van der Waals surface area contributed by atoms with E-state index in [9.17, 15) is 4.79 Å². The maximum absolute atomic E-state index is 11.3. The molecule has 80 valence electrons. The predicted molar refractivity (Wildman–Crippen MR) is 60.4 cm³/mol. The second-order valence-electron chi connectivity index (χ2n) is 4.68. The van der Waals surface area contributed by atoms with Gasteiger partial charge in [0.15, 0.2) is 0 Å². The molecule has 2 bridgehead atoms. The SMILES string of the molecule is O=C(CCBr)NCC1CC2CCC1C2. The molecular formula is C11H18BrNO. The molecule has 14 heavy (non-hydrogen) atoms. The summed E-state index contributed by atoms with van der Waals surface area (Å²) >= 11 is 3.28. The number of nitrogens with one attached hydrogen (secondary N) is 1. The van der Waals surface area contributed by atoms with E-state index in [4.69, 9.17) is 0 Å². The van der Waals surface area contributed by atoms with Crippen LogP contribution < -0.4 is 5.32 Å². The molecule has 2 rings (SSSR count). The quantitative estimate of drug-likeness (QED) is 0.772. The Morgan fingerprint density at radius 3 is 2.79 bits per heavy atom. The van der Waals surface area contributed by atoms with E-state index in [1.54, 1.807) is 0 Å². The average Bonchev–Trinajstić information content (AvgIpc) is 2.76. The topological polar surface area (TPSA) is 29.1 Å². The number of alkyl halides is 1. The number of hydrogen-bond acceptors (Lipinski definition) is 1. The molecule has 2 aliphatic carbocycles. The highest BCUT2D eigenvalue weighted by Crippen LogP contribution is 2.47. The van der Waals surface area contributed by atoms with Crippen LogP contribution in [0.15, 0.2) is 0 Å². The summed E-state index contributed by atoms with van der Waals surface area (Å²) in [6.45, 7) is 0.924. The summed E-state index contributed by atoms with van der Waals surface area (Å²) in [5.74, 6) is 2.89. The first kappa shape index (κ1) is 10.5. The van der Waals surface area contributed by atoms with Crippen LogP contribution in [0.4, 0.5) is 0 Å². The summed E-state index contributed by atoms with van der Waals surface area (Å²) in [5, 5.41) is 3.81. The number of carbonyl (C=O) groups is 1. The van der Waals surface area contributed by atoms with Gasteiger partial charge in [0.25, 0.3) is 0 Å². The van der Waals surface area contributed by atoms with Crippen molar-refractivity contribution in [2.45, 2.75) is 32.1 Å². The molecule has 2 aliphatic rings. The molecule has 0 radical (unpaired) electrons. The molecule has 0 aliphatic heterocycles. The highest BCUT2D eigenvalue weighted by Gasteiger charge is 2.39. The molecule has 2 nitrogen and oxygen atoms in total.